The smallest absolute Gasteiger partial charge is 0.170 e. The second-order valence-electron chi connectivity index (χ2n) is 5.11. The second-order valence-corrected chi connectivity index (χ2v) is 5.90. The van der Waals surface area contributed by atoms with Gasteiger partial charge in [0.25, 0.3) is 0 Å². The van der Waals surface area contributed by atoms with Gasteiger partial charge in [-0.15, -0.1) is 0 Å². The van der Waals surface area contributed by atoms with Crippen LogP contribution in [-0.2, 0) is 27.7 Å². The number of rotatable bonds is 5. The number of halogens is 1. The van der Waals surface area contributed by atoms with Crippen LogP contribution in [0.25, 0.3) is 0 Å². The van der Waals surface area contributed by atoms with Gasteiger partial charge < -0.3 is 9.47 Å². The molecule has 0 atom stereocenters. The lowest BCUT2D eigenvalue weighted by Crippen LogP contribution is -2.47. The number of hydrogen-bond acceptors (Lipinski definition) is 4. The molecule has 0 aromatic carbocycles. The summed E-state index contributed by atoms with van der Waals surface area (Å²) in [6.07, 6.45) is 1.60. The van der Waals surface area contributed by atoms with Crippen LogP contribution in [0.3, 0.4) is 0 Å². The molecule has 2 heterocycles. The van der Waals surface area contributed by atoms with E-state index in [4.69, 9.17) is 9.47 Å². The first kappa shape index (κ1) is 15.7. The zero-order valence-electron chi connectivity index (χ0n) is 12.2. The first-order chi connectivity index (χ1) is 9.50. The second kappa shape index (κ2) is 6.37. The molecule has 0 N–H and O–H groups in total. The van der Waals surface area contributed by atoms with Gasteiger partial charge in [-0.3, -0.25) is 9.48 Å². The zero-order chi connectivity index (χ0) is 14.8. The Morgan fingerprint density at radius 1 is 1.50 bits per heavy atom. The Kier molecular flexibility index (Phi) is 4.99. The molecule has 6 heteroatoms. The zero-order valence-corrected chi connectivity index (χ0v) is 13.8. The topological polar surface area (TPSA) is 53.3 Å². The van der Waals surface area contributed by atoms with Crippen LogP contribution in [0.5, 0.6) is 0 Å². The number of aromatic nitrogens is 2. The molecule has 2 rings (SSSR count). The molecule has 0 unspecified atom stereocenters. The van der Waals surface area contributed by atoms with Crippen LogP contribution >= 0.6 is 15.9 Å². The molecule has 0 radical (unpaired) electrons. The molecule has 0 amide bonds. The maximum atomic E-state index is 12.8. The van der Waals surface area contributed by atoms with Crippen molar-refractivity contribution in [1.82, 2.24) is 9.78 Å². The number of carbonyl (C=O) groups excluding carboxylic acids is 1. The van der Waals surface area contributed by atoms with E-state index >= 15 is 0 Å². The molecule has 1 aromatic rings. The number of aryl methyl sites for hydroxylation is 2. The van der Waals surface area contributed by atoms with Crippen LogP contribution in [0.15, 0.2) is 4.47 Å². The van der Waals surface area contributed by atoms with E-state index in [0.29, 0.717) is 39.1 Å². The minimum atomic E-state index is -0.690. The third-order valence-electron chi connectivity index (χ3n) is 3.82. The fourth-order valence-corrected chi connectivity index (χ4v) is 3.14. The van der Waals surface area contributed by atoms with Gasteiger partial charge in [0.15, 0.2) is 5.78 Å². The molecule has 20 heavy (non-hydrogen) atoms. The highest BCUT2D eigenvalue weighted by Gasteiger charge is 2.40. The van der Waals surface area contributed by atoms with Crippen molar-refractivity contribution in [2.75, 3.05) is 19.8 Å². The van der Waals surface area contributed by atoms with Crippen molar-refractivity contribution in [3.05, 3.63) is 15.9 Å². The Labute approximate surface area is 127 Å². The summed E-state index contributed by atoms with van der Waals surface area (Å²) in [5.74, 6) is 0.117. The fourth-order valence-electron chi connectivity index (χ4n) is 2.67. The Balaban J connectivity index is 2.20. The summed E-state index contributed by atoms with van der Waals surface area (Å²) in [5.41, 5.74) is 1.11. The van der Waals surface area contributed by atoms with Gasteiger partial charge in [-0.1, -0.05) is 0 Å². The predicted molar refractivity (Wildman–Crippen MR) is 78.8 cm³/mol. The Morgan fingerprint density at radius 3 is 2.65 bits per heavy atom. The number of ether oxygens (including phenoxy) is 2. The molecule has 1 saturated heterocycles. The quantitative estimate of drug-likeness (QED) is 0.821. The van der Waals surface area contributed by atoms with E-state index in [9.17, 15) is 4.79 Å². The van der Waals surface area contributed by atoms with E-state index < -0.39 is 5.60 Å². The van der Waals surface area contributed by atoms with E-state index in [1.807, 2.05) is 20.9 Å². The Morgan fingerprint density at radius 2 is 2.15 bits per heavy atom. The van der Waals surface area contributed by atoms with Crippen LogP contribution < -0.4 is 0 Å². The lowest BCUT2D eigenvalue weighted by atomic mass is 9.87. The highest BCUT2D eigenvalue weighted by molar-refractivity contribution is 9.10. The van der Waals surface area contributed by atoms with E-state index in [1.54, 1.807) is 4.68 Å². The number of Topliss-reactive ketones (excluding diaryl/α,β-unsaturated/α-hetero) is 1. The van der Waals surface area contributed by atoms with Gasteiger partial charge in [0.2, 0.25) is 0 Å². The maximum absolute atomic E-state index is 12.8. The fraction of sp³-hybridized carbons (Fsp3) is 0.714. The van der Waals surface area contributed by atoms with Crippen molar-refractivity contribution >= 4 is 21.7 Å². The third-order valence-corrected chi connectivity index (χ3v) is 4.85. The molecule has 0 aliphatic carbocycles. The summed E-state index contributed by atoms with van der Waals surface area (Å²) in [6.45, 7) is 5.55. The average Bonchev–Trinajstić information content (AvgIpc) is 2.67. The van der Waals surface area contributed by atoms with E-state index in [-0.39, 0.29) is 5.78 Å². The van der Waals surface area contributed by atoms with Crippen LogP contribution in [0.4, 0.5) is 0 Å². The van der Waals surface area contributed by atoms with Gasteiger partial charge in [0, 0.05) is 39.7 Å². The summed E-state index contributed by atoms with van der Waals surface area (Å²) in [7, 11) is 1.86. The van der Waals surface area contributed by atoms with Crippen molar-refractivity contribution in [1.29, 1.82) is 0 Å². The van der Waals surface area contributed by atoms with E-state index in [1.165, 1.54) is 0 Å². The normalized spacial score (nSPS) is 18.2. The molecule has 0 bridgehead atoms. The van der Waals surface area contributed by atoms with Crippen LogP contribution in [0.1, 0.15) is 31.2 Å². The molecule has 1 fully saturated rings. The van der Waals surface area contributed by atoms with Crippen molar-refractivity contribution in [3.63, 3.8) is 0 Å². The van der Waals surface area contributed by atoms with Crippen LogP contribution in [-0.4, -0.2) is 41.0 Å². The van der Waals surface area contributed by atoms with Gasteiger partial charge in [0.1, 0.15) is 5.60 Å². The monoisotopic (exact) mass is 344 g/mol. The first-order valence-electron chi connectivity index (χ1n) is 6.93. The minimum Gasteiger partial charge on any atom is -0.381 e. The molecular weight excluding hydrogens is 324 g/mol. The number of ketones is 1. The number of hydrogen-bond donors (Lipinski definition) is 0. The van der Waals surface area contributed by atoms with Gasteiger partial charge in [-0.05, 0) is 29.8 Å². The highest BCUT2D eigenvalue weighted by atomic mass is 79.9. The molecule has 112 valence electrons. The first-order valence-corrected chi connectivity index (χ1v) is 7.72. The van der Waals surface area contributed by atoms with Gasteiger partial charge in [-0.2, -0.15) is 5.10 Å². The molecular formula is C14H21BrN2O3. The predicted octanol–water partition coefficient (Wildman–Crippen LogP) is 2.19. The van der Waals surface area contributed by atoms with Crippen LogP contribution in [0, 0.1) is 6.92 Å². The van der Waals surface area contributed by atoms with E-state index in [0.717, 1.165) is 15.9 Å². The standard InChI is InChI=1S/C14H21BrN2O3/c1-4-20-14(5-7-19-8-6-14)12(18)9-11-13(15)10(2)16-17(11)3/h4-9H2,1-3H3. The molecule has 0 saturated carbocycles. The van der Waals surface area contributed by atoms with Crippen molar-refractivity contribution in [3.8, 4) is 0 Å². The molecule has 1 aromatic heterocycles. The van der Waals surface area contributed by atoms with Crippen molar-refractivity contribution < 1.29 is 14.3 Å². The minimum absolute atomic E-state index is 0.117. The Hall–Kier alpha value is -0.720. The summed E-state index contributed by atoms with van der Waals surface area (Å²) in [5, 5.41) is 4.33. The van der Waals surface area contributed by atoms with Gasteiger partial charge in [-0.25, -0.2) is 0 Å². The largest absolute Gasteiger partial charge is 0.381 e. The van der Waals surface area contributed by atoms with E-state index in [2.05, 4.69) is 21.0 Å². The third kappa shape index (κ3) is 2.97. The SMILES string of the molecule is CCOC1(C(=O)Cc2c(Br)c(C)nn2C)CCOCC1. The highest BCUT2D eigenvalue weighted by Crippen LogP contribution is 2.29. The van der Waals surface area contributed by atoms with Gasteiger partial charge >= 0.3 is 0 Å². The summed E-state index contributed by atoms with van der Waals surface area (Å²) in [4.78, 5) is 12.8. The summed E-state index contributed by atoms with van der Waals surface area (Å²) < 4.78 is 13.8. The lowest BCUT2D eigenvalue weighted by Gasteiger charge is -2.35. The average molecular weight is 345 g/mol. The lowest BCUT2D eigenvalue weighted by molar-refractivity contribution is -0.156. The maximum Gasteiger partial charge on any atom is 0.170 e. The van der Waals surface area contributed by atoms with Crippen LogP contribution in [0.2, 0.25) is 0 Å². The summed E-state index contributed by atoms with van der Waals surface area (Å²) in [6, 6.07) is 0. The summed E-state index contributed by atoms with van der Waals surface area (Å²) >= 11 is 3.51. The van der Waals surface area contributed by atoms with Gasteiger partial charge in [0.05, 0.1) is 22.3 Å². The number of nitrogens with zero attached hydrogens (tertiary/aromatic N) is 2. The Bertz CT molecular complexity index is 487. The molecule has 5 nitrogen and oxygen atoms in total. The molecule has 1 aliphatic heterocycles. The molecule has 0 spiro atoms. The van der Waals surface area contributed by atoms with Crippen molar-refractivity contribution in [2.24, 2.45) is 7.05 Å². The number of carbonyl (C=O) groups is 1. The molecule has 1 aliphatic rings. The van der Waals surface area contributed by atoms with Crippen molar-refractivity contribution in [2.45, 2.75) is 38.7 Å².